The highest BCUT2D eigenvalue weighted by molar-refractivity contribution is 5.86. The van der Waals surface area contributed by atoms with Crippen molar-refractivity contribution in [2.24, 2.45) is 0 Å². The van der Waals surface area contributed by atoms with Crippen molar-refractivity contribution in [3.05, 3.63) is 60.7 Å². The van der Waals surface area contributed by atoms with Crippen molar-refractivity contribution in [2.45, 2.75) is 0 Å². The molecular formula is C17H15N3O2. The molecule has 0 fully saturated rings. The molecule has 110 valence electrons. The molecular weight excluding hydrogens is 278 g/mol. The molecule has 0 saturated carbocycles. The molecule has 3 aromatic rings. The zero-order valence-corrected chi connectivity index (χ0v) is 12.0. The summed E-state index contributed by atoms with van der Waals surface area (Å²) in [6.45, 7) is 0. The van der Waals surface area contributed by atoms with Gasteiger partial charge in [-0.05, 0) is 0 Å². The summed E-state index contributed by atoms with van der Waals surface area (Å²) in [4.78, 5) is 19.8. The van der Waals surface area contributed by atoms with Crippen LogP contribution in [0.3, 0.4) is 0 Å². The van der Waals surface area contributed by atoms with Gasteiger partial charge < -0.3 is 10.1 Å². The lowest BCUT2D eigenvalue weighted by molar-refractivity contribution is 0.203. The number of hydrogen-bond acceptors (Lipinski definition) is 2. The third kappa shape index (κ3) is 2.56. The van der Waals surface area contributed by atoms with Gasteiger partial charge in [0.1, 0.15) is 0 Å². The molecule has 0 unspecified atom stereocenters. The predicted octanol–water partition coefficient (Wildman–Crippen LogP) is 3.86. The van der Waals surface area contributed by atoms with Crippen LogP contribution in [0.5, 0.6) is 0 Å². The first-order chi connectivity index (χ1) is 10.7. The van der Waals surface area contributed by atoms with Crippen molar-refractivity contribution >= 4 is 12.0 Å². The average molecular weight is 293 g/mol. The minimum atomic E-state index is -1.06. The molecule has 0 aliphatic carbocycles. The molecule has 0 radical (unpaired) electrons. The van der Waals surface area contributed by atoms with E-state index in [0.717, 1.165) is 27.4 Å². The molecule has 22 heavy (non-hydrogen) atoms. The molecule has 5 heteroatoms. The van der Waals surface area contributed by atoms with E-state index in [-0.39, 0.29) is 0 Å². The number of aromatic amines is 1. The van der Waals surface area contributed by atoms with Crippen LogP contribution in [0.2, 0.25) is 0 Å². The Balaban J connectivity index is 2.17. The molecule has 3 rings (SSSR count). The number of hydrogen-bond donors (Lipinski definition) is 2. The highest BCUT2D eigenvalue weighted by Gasteiger charge is 2.18. The number of nitrogens with zero attached hydrogens (tertiary/aromatic N) is 2. The van der Waals surface area contributed by atoms with E-state index < -0.39 is 6.09 Å². The summed E-state index contributed by atoms with van der Waals surface area (Å²) in [7, 11) is 1.46. The van der Waals surface area contributed by atoms with E-state index in [1.165, 1.54) is 7.05 Å². The number of carboxylic acid groups (broad SMARTS) is 1. The van der Waals surface area contributed by atoms with Crippen molar-refractivity contribution < 1.29 is 9.90 Å². The summed E-state index contributed by atoms with van der Waals surface area (Å²) in [5, 5.41) is 9.14. The molecule has 1 aromatic heterocycles. The summed E-state index contributed by atoms with van der Waals surface area (Å²) in [5.41, 5.74) is 3.42. The summed E-state index contributed by atoms with van der Waals surface area (Å²) in [6.07, 6.45) is -1.06. The smallest absolute Gasteiger partial charge is 0.413 e. The third-order valence-corrected chi connectivity index (χ3v) is 3.41. The quantitative estimate of drug-likeness (QED) is 0.770. The number of amides is 1. The van der Waals surface area contributed by atoms with Crippen molar-refractivity contribution in [2.75, 3.05) is 11.9 Å². The Kier molecular flexibility index (Phi) is 3.62. The lowest BCUT2D eigenvalue weighted by Crippen LogP contribution is -2.24. The van der Waals surface area contributed by atoms with Gasteiger partial charge in [-0.15, -0.1) is 0 Å². The number of anilines is 1. The zero-order chi connectivity index (χ0) is 15.5. The average Bonchev–Trinajstić information content (AvgIpc) is 3.01. The van der Waals surface area contributed by atoms with E-state index in [9.17, 15) is 4.79 Å². The summed E-state index contributed by atoms with van der Waals surface area (Å²) in [5.74, 6) is 0.296. The first-order valence-electron chi connectivity index (χ1n) is 6.84. The first-order valence-corrected chi connectivity index (χ1v) is 6.84. The Morgan fingerprint density at radius 3 is 2.09 bits per heavy atom. The molecule has 0 bridgehead atoms. The van der Waals surface area contributed by atoms with Gasteiger partial charge in [0, 0.05) is 18.2 Å². The van der Waals surface area contributed by atoms with Gasteiger partial charge in [-0.25, -0.2) is 9.78 Å². The lowest BCUT2D eigenvalue weighted by Gasteiger charge is -2.07. The van der Waals surface area contributed by atoms with Crippen molar-refractivity contribution in [3.63, 3.8) is 0 Å². The minimum absolute atomic E-state index is 0.296. The summed E-state index contributed by atoms with van der Waals surface area (Å²) in [6, 6.07) is 19.4. The second-order valence-electron chi connectivity index (χ2n) is 4.86. The minimum Gasteiger partial charge on any atom is -0.465 e. The Bertz CT molecular complexity index is 725. The number of nitrogens with one attached hydrogen (secondary N) is 1. The molecule has 0 aliphatic heterocycles. The Labute approximate surface area is 127 Å². The van der Waals surface area contributed by atoms with Gasteiger partial charge in [0.05, 0.1) is 11.4 Å². The van der Waals surface area contributed by atoms with Gasteiger partial charge >= 0.3 is 6.09 Å². The number of benzene rings is 2. The Hall–Kier alpha value is -3.08. The van der Waals surface area contributed by atoms with E-state index in [2.05, 4.69) is 9.97 Å². The number of imidazole rings is 1. The SMILES string of the molecule is CN(C(=O)O)c1nc(-c2ccccc2)c(-c2ccccc2)[nH]1. The summed E-state index contributed by atoms with van der Waals surface area (Å²) >= 11 is 0. The second kappa shape index (κ2) is 5.73. The van der Waals surface area contributed by atoms with Crippen molar-refractivity contribution in [1.82, 2.24) is 9.97 Å². The maximum absolute atomic E-state index is 11.2. The van der Waals surface area contributed by atoms with E-state index in [0.29, 0.717) is 5.95 Å². The molecule has 0 spiro atoms. The maximum atomic E-state index is 11.2. The van der Waals surface area contributed by atoms with Crippen LogP contribution in [0, 0.1) is 0 Å². The highest BCUT2D eigenvalue weighted by Crippen LogP contribution is 2.32. The molecule has 0 aliphatic rings. The van der Waals surface area contributed by atoms with Gasteiger partial charge in [-0.2, -0.15) is 0 Å². The Morgan fingerprint density at radius 1 is 1.00 bits per heavy atom. The van der Waals surface area contributed by atoms with E-state index in [1.807, 2.05) is 60.7 Å². The number of H-pyrrole nitrogens is 1. The van der Waals surface area contributed by atoms with Crippen molar-refractivity contribution in [3.8, 4) is 22.5 Å². The predicted molar refractivity (Wildman–Crippen MR) is 85.9 cm³/mol. The lowest BCUT2D eigenvalue weighted by atomic mass is 10.1. The molecule has 1 amide bonds. The Morgan fingerprint density at radius 2 is 1.55 bits per heavy atom. The fraction of sp³-hybridized carbons (Fsp3) is 0.0588. The number of aromatic nitrogens is 2. The fourth-order valence-electron chi connectivity index (χ4n) is 2.23. The van der Waals surface area contributed by atoms with Gasteiger partial charge in [0.2, 0.25) is 5.95 Å². The van der Waals surface area contributed by atoms with E-state index >= 15 is 0 Å². The second-order valence-corrected chi connectivity index (χ2v) is 4.86. The highest BCUT2D eigenvalue weighted by atomic mass is 16.4. The van der Waals surface area contributed by atoms with Gasteiger partial charge in [-0.1, -0.05) is 60.7 Å². The van der Waals surface area contributed by atoms with Gasteiger partial charge in [0.15, 0.2) is 0 Å². The summed E-state index contributed by atoms with van der Waals surface area (Å²) < 4.78 is 0. The van der Waals surface area contributed by atoms with Crippen LogP contribution < -0.4 is 4.90 Å². The molecule has 5 nitrogen and oxygen atoms in total. The van der Waals surface area contributed by atoms with Crippen LogP contribution in [0.15, 0.2) is 60.7 Å². The van der Waals surface area contributed by atoms with Gasteiger partial charge in [-0.3, -0.25) is 4.90 Å². The largest absolute Gasteiger partial charge is 0.465 e. The van der Waals surface area contributed by atoms with Gasteiger partial charge in [0.25, 0.3) is 0 Å². The molecule has 2 N–H and O–H groups in total. The fourth-order valence-corrected chi connectivity index (χ4v) is 2.23. The van der Waals surface area contributed by atoms with Crippen LogP contribution >= 0.6 is 0 Å². The van der Waals surface area contributed by atoms with E-state index in [4.69, 9.17) is 5.11 Å². The van der Waals surface area contributed by atoms with Crippen molar-refractivity contribution in [1.29, 1.82) is 0 Å². The standard InChI is InChI=1S/C17H15N3O2/c1-20(17(21)22)16-18-14(12-8-4-2-5-9-12)15(19-16)13-10-6-3-7-11-13/h2-11H,1H3,(H,18,19)(H,21,22). The van der Waals surface area contributed by atoms with Crippen LogP contribution in [0.1, 0.15) is 0 Å². The normalized spacial score (nSPS) is 10.4. The van der Waals surface area contributed by atoms with E-state index in [1.54, 1.807) is 0 Å². The first kappa shape index (κ1) is 13.9. The third-order valence-electron chi connectivity index (χ3n) is 3.41. The van der Waals surface area contributed by atoms with Crippen LogP contribution in [-0.4, -0.2) is 28.2 Å². The zero-order valence-electron chi connectivity index (χ0n) is 12.0. The van der Waals surface area contributed by atoms with Crippen LogP contribution in [-0.2, 0) is 0 Å². The molecule has 0 atom stereocenters. The monoisotopic (exact) mass is 293 g/mol. The number of carbonyl (C=O) groups is 1. The maximum Gasteiger partial charge on any atom is 0.413 e. The molecule has 0 saturated heterocycles. The van der Waals surface area contributed by atoms with Crippen LogP contribution in [0.25, 0.3) is 22.5 Å². The number of rotatable bonds is 3. The molecule has 1 heterocycles. The molecule has 2 aromatic carbocycles. The topological polar surface area (TPSA) is 69.2 Å². The van der Waals surface area contributed by atoms with Crippen LogP contribution in [0.4, 0.5) is 10.7 Å².